The zero-order chi connectivity index (χ0) is 20.9. The minimum Gasteiger partial charge on any atom is -0.455 e. The van der Waals surface area contributed by atoms with E-state index >= 15 is 0 Å². The molecular weight excluding hydrogens is 379 g/mol. The van der Waals surface area contributed by atoms with E-state index in [-0.39, 0.29) is 11.7 Å². The Balaban J connectivity index is 1.45. The number of carbonyl (C=O) groups is 1. The van der Waals surface area contributed by atoms with E-state index in [1.54, 1.807) is 12.1 Å². The summed E-state index contributed by atoms with van der Waals surface area (Å²) in [5.74, 6) is 1.74. The van der Waals surface area contributed by atoms with Gasteiger partial charge in [-0.25, -0.2) is 4.39 Å². The highest BCUT2D eigenvalue weighted by molar-refractivity contribution is 5.91. The number of piperidine rings is 1. The number of halogens is 1. The number of likely N-dealkylation sites (tertiary alicyclic amines) is 1. The van der Waals surface area contributed by atoms with Crippen LogP contribution >= 0.6 is 0 Å². The second-order valence-corrected chi connectivity index (χ2v) is 9.07. The van der Waals surface area contributed by atoms with Gasteiger partial charge in [-0.05, 0) is 61.4 Å². The van der Waals surface area contributed by atoms with Gasteiger partial charge in [-0.1, -0.05) is 38.3 Å². The highest BCUT2D eigenvalue weighted by Gasteiger charge is 2.26. The van der Waals surface area contributed by atoms with E-state index < -0.39 is 0 Å². The van der Waals surface area contributed by atoms with Crippen molar-refractivity contribution in [2.24, 2.45) is 5.92 Å². The van der Waals surface area contributed by atoms with E-state index in [4.69, 9.17) is 4.42 Å². The molecule has 4 rings (SSSR count). The Kier molecular flexibility index (Phi) is 6.88. The maximum atomic E-state index is 13.7. The van der Waals surface area contributed by atoms with Crippen LogP contribution in [0.1, 0.15) is 73.7 Å². The van der Waals surface area contributed by atoms with Gasteiger partial charge in [0.1, 0.15) is 11.6 Å². The van der Waals surface area contributed by atoms with Gasteiger partial charge in [0.15, 0.2) is 5.76 Å². The number of amides is 1. The molecule has 1 saturated carbocycles. The standard InChI is InChI=1S/C25H33FN2O2/c1-19-12-14-27(15-13-19)25(29)24-11-10-23(30-24)18-28(22-8-3-2-4-9-22)17-20-6-5-7-21(26)16-20/h5-7,10-11,16,19,22H,2-4,8-9,12-15,17-18H2,1H3. The van der Waals surface area contributed by atoms with Gasteiger partial charge in [0.2, 0.25) is 0 Å². The molecule has 0 spiro atoms. The molecule has 2 heterocycles. The molecule has 1 aromatic heterocycles. The minimum atomic E-state index is -0.196. The Labute approximate surface area is 179 Å². The quantitative estimate of drug-likeness (QED) is 0.617. The lowest BCUT2D eigenvalue weighted by Gasteiger charge is -2.34. The first-order chi connectivity index (χ1) is 14.6. The predicted molar refractivity (Wildman–Crippen MR) is 116 cm³/mol. The molecule has 30 heavy (non-hydrogen) atoms. The molecule has 1 aromatic carbocycles. The molecule has 5 heteroatoms. The average Bonchev–Trinajstić information content (AvgIpc) is 3.23. The van der Waals surface area contributed by atoms with Gasteiger partial charge in [0, 0.05) is 25.7 Å². The van der Waals surface area contributed by atoms with Crippen molar-refractivity contribution in [2.45, 2.75) is 71.0 Å². The molecule has 2 fully saturated rings. The highest BCUT2D eigenvalue weighted by atomic mass is 19.1. The summed E-state index contributed by atoms with van der Waals surface area (Å²) < 4.78 is 19.7. The van der Waals surface area contributed by atoms with E-state index in [0.29, 0.717) is 30.8 Å². The van der Waals surface area contributed by atoms with Crippen molar-refractivity contribution in [1.82, 2.24) is 9.80 Å². The largest absolute Gasteiger partial charge is 0.455 e. The molecule has 1 amide bonds. The van der Waals surface area contributed by atoms with Crippen LogP contribution in [0.5, 0.6) is 0 Å². The second-order valence-electron chi connectivity index (χ2n) is 9.07. The molecule has 0 bridgehead atoms. The minimum absolute atomic E-state index is 0.00231. The Morgan fingerprint density at radius 2 is 1.83 bits per heavy atom. The topological polar surface area (TPSA) is 36.7 Å². The normalized spacial score (nSPS) is 18.8. The van der Waals surface area contributed by atoms with E-state index in [9.17, 15) is 9.18 Å². The van der Waals surface area contributed by atoms with Crippen molar-refractivity contribution >= 4 is 5.91 Å². The van der Waals surface area contributed by atoms with Crippen molar-refractivity contribution in [2.75, 3.05) is 13.1 Å². The van der Waals surface area contributed by atoms with E-state index in [2.05, 4.69) is 11.8 Å². The van der Waals surface area contributed by atoms with Crippen molar-refractivity contribution in [3.8, 4) is 0 Å². The van der Waals surface area contributed by atoms with Crippen LogP contribution in [-0.2, 0) is 13.1 Å². The van der Waals surface area contributed by atoms with Gasteiger partial charge in [-0.3, -0.25) is 9.69 Å². The van der Waals surface area contributed by atoms with Gasteiger partial charge in [0.05, 0.1) is 6.54 Å². The summed E-state index contributed by atoms with van der Waals surface area (Å²) >= 11 is 0. The molecule has 1 aliphatic heterocycles. The molecule has 1 aliphatic carbocycles. The molecule has 0 N–H and O–H groups in total. The monoisotopic (exact) mass is 412 g/mol. The van der Waals surface area contributed by atoms with E-state index in [1.807, 2.05) is 23.1 Å². The summed E-state index contributed by atoms with van der Waals surface area (Å²) in [4.78, 5) is 17.1. The molecule has 1 saturated heterocycles. The maximum absolute atomic E-state index is 13.7. The molecular formula is C25H33FN2O2. The first kappa shape index (κ1) is 21.1. The molecule has 0 radical (unpaired) electrons. The number of benzene rings is 1. The average molecular weight is 413 g/mol. The lowest BCUT2D eigenvalue weighted by Crippen LogP contribution is -2.37. The number of rotatable bonds is 6. The summed E-state index contributed by atoms with van der Waals surface area (Å²) in [5, 5.41) is 0. The Bertz CT molecular complexity index is 835. The molecule has 0 atom stereocenters. The third kappa shape index (κ3) is 5.31. The van der Waals surface area contributed by atoms with Gasteiger partial charge in [-0.2, -0.15) is 0 Å². The molecule has 162 valence electrons. The first-order valence-corrected chi connectivity index (χ1v) is 11.4. The predicted octanol–water partition coefficient (Wildman–Crippen LogP) is 5.63. The number of hydrogen-bond acceptors (Lipinski definition) is 3. The van der Waals surface area contributed by atoms with E-state index in [1.165, 1.54) is 25.3 Å². The fourth-order valence-corrected chi connectivity index (χ4v) is 4.78. The Morgan fingerprint density at radius 1 is 1.07 bits per heavy atom. The lowest BCUT2D eigenvalue weighted by molar-refractivity contribution is 0.0658. The van der Waals surface area contributed by atoms with Crippen LogP contribution in [-0.4, -0.2) is 34.8 Å². The Morgan fingerprint density at radius 3 is 2.57 bits per heavy atom. The maximum Gasteiger partial charge on any atom is 0.289 e. The first-order valence-electron chi connectivity index (χ1n) is 11.4. The second kappa shape index (κ2) is 9.78. The zero-order valence-electron chi connectivity index (χ0n) is 18.0. The van der Waals surface area contributed by atoms with Gasteiger partial charge in [-0.15, -0.1) is 0 Å². The van der Waals surface area contributed by atoms with Gasteiger partial charge in [0.25, 0.3) is 5.91 Å². The van der Waals surface area contributed by atoms with Crippen LogP contribution in [0.25, 0.3) is 0 Å². The molecule has 2 aliphatic rings. The van der Waals surface area contributed by atoms with Crippen molar-refractivity contribution in [3.63, 3.8) is 0 Å². The SMILES string of the molecule is CC1CCN(C(=O)c2ccc(CN(Cc3cccc(F)c3)C3CCCCC3)o2)CC1. The van der Waals surface area contributed by atoms with Crippen molar-refractivity contribution in [3.05, 3.63) is 59.3 Å². The van der Waals surface area contributed by atoms with Crippen LogP contribution in [0.2, 0.25) is 0 Å². The van der Waals surface area contributed by atoms with Crippen molar-refractivity contribution in [1.29, 1.82) is 0 Å². The van der Waals surface area contributed by atoms with Crippen LogP contribution < -0.4 is 0 Å². The summed E-state index contributed by atoms with van der Waals surface area (Å²) in [5.41, 5.74) is 0.978. The lowest BCUT2D eigenvalue weighted by atomic mass is 9.93. The van der Waals surface area contributed by atoms with Crippen LogP contribution in [0, 0.1) is 11.7 Å². The van der Waals surface area contributed by atoms with Crippen LogP contribution in [0.15, 0.2) is 40.8 Å². The molecule has 0 unspecified atom stereocenters. The Hall–Kier alpha value is -2.14. The fourth-order valence-electron chi connectivity index (χ4n) is 4.78. The third-order valence-electron chi connectivity index (χ3n) is 6.67. The van der Waals surface area contributed by atoms with Crippen LogP contribution in [0.4, 0.5) is 4.39 Å². The fraction of sp³-hybridized carbons (Fsp3) is 0.560. The van der Waals surface area contributed by atoms with Gasteiger partial charge < -0.3 is 9.32 Å². The molecule has 4 nitrogen and oxygen atoms in total. The summed E-state index contributed by atoms with van der Waals surface area (Å²) in [6.45, 7) is 5.20. The van der Waals surface area contributed by atoms with Crippen LogP contribution in [0.3, 0.4) is 0 Å². The van der Waals surface area contributed by atoms with E-state index in [0.717, 1.165) is 50.1 Å². The summed E-state index contributed by atoms with van der Waals surface area (Å²) in [7, 11) is 0. The summed E-state index contributed by atoms with van der Waals surface area (Å²) in [6.07, 6.45) is 8.20. The zero-order valence-corrected chi connectivity index (χ0v) is 18.0. The highest BCUT2D eigenvalue weighted by Crippen LogP contribution is 2.27. The number of nitrogens with zero attached hydrogens (tertiary/aromatic N) is 2. The summed E-state index contributed by atoms with van der Waals surface area (Å²) in [6, 6.07) is 11.1. The smallest absolute Gasteiger partial charge is 0.289 e. The van der Waals surface area contributed by atoms with Crippen molar-refractivity contribution < 1.29 is 13.6 Å². The number of carbonyl (C=O) groups excluding carboxylic acids is 1. The molecule has 2 aromatic rings. The number of furan rings is 1. The third-order valence-corrected chi connectivity index (χ3v) is 6.67. The van der Waals surface area contributed by atoms with Gasteiger partial charge >= 0.3 is 0 Å². The number of hydrogen-bond donors (Lipinski definition) is 0.